The Morgan fingerprint density at radius 3 is 3.05 bits per heavy atom. The molecule has 1 aromatic rings. The first-order valence-electron chi connectivity index (χ1n) is 6.44. The predicted molar refractivity (Wildman–Crippen MR) is 68.6 cm³/mol. The van der Waals surface area contributed by atoms with Gasteiger partial charge in [0.15, 0.2) is 0 Å². The molecule has 4 nitrogen and oxygen atoms in total. The number of benzene rings is 1. The van der Waals surface area contributed by atoms with E-state index in [1.807, 2.05) is 6.92 Å². The van der Waals surface area contributed by atoms with Crippen molar-refractivity contribution in [3.8, 4) is 0 Å². The van der Waals surface area contributed by atoms with Gasteiger partial charge in [-0.05, 0) is 38.0 Å². The van der Waals surface area contributed by atoms with Crippen molar-refractivity contribution in [2.45, 2.75) is 38.5 Å². The zero-order valence-corrected chi connectivity index (χ0v) is 10.9. The maximum Gasteiger partial charge on any atom is 0.335 e. The normalized spacial score (nSPS) is 20.4. The molecule has 1 heterocycles. The third kappa shape index (κ3) is 3.52. The van der Waals surface area contributed by atoms with Gasteiger partial charge in [0.25, 0.3) is 0 Å². The number of halogens is 1. The van der Waals surface area contributed by atoms with Crippen molar-refractivity contribution in [1.29, 1.82) is 0 Å². The van der Waals surface area contributed by atoms with E-state index in [1.54, 1.807) is 0 Å². The van der Waals surface area contributed by atoms with E-state index in [-0.39, 0.29) is 17.7 Å². The topological polar surface area (TPSA) is 58.6 Å². The van der Waals surface area contributed by atoms with E-state index >= 15 is 0 Å². The van der Waals surface area contributed by atoms with Crippen molar-refractivity contribution in [2.24, 2.45) is 0 Å². The summed E-state index contributed by atoms with van der Waals surface area (Å²) in [6.07, 6.45) is 2.22. The van der Waals surface area contributed by atoms with Gasteiger partial charge in [-0.2, -0.15) is 0 Å². The molecule has 5 heteroatoms. The maximum absolute atomic E-state index is 13.6. The minimum atomic E-state index is -1.05. The maximum atomic E-state index is 13.6. The molecule has 1 aliphatic rings. The number of hydrogen-bond acceptors (Lipinski definition) is 3. The van der Waals surface area contributed by atoms with E-state index in [1.165, 1.54) is 18.2 Å². The second kappa shape index (κ2) is 6.12. The van der Waals surface area contributed by atoms with Gasteiger partial charge in [0.2, 0.25) is 0 Å². The molecule has 1 saturated heterocycles. The van der Waals surface area contributed by atoms with Gasteiger partial charge >= 0.3 is 5.97 Å². The lowest BCUT2D eigenvalue weighted by atomic mass is 10.1. The SMILES string of the molecule is CC(NCc1cc(C(=O)O)ccc1F)C1CCCO1. The highest BCUT2D eigenvalue weighted by Gasteiger charge is 2.22. The minimum absolute atomic E-state index is 0.1000. The zero-order valence-electron chi connectivity index (χ0n) is 10.9. The molecular weight excluding hydrogens is 249 g/mol. The molecule has 2 atom stereocenters. The number of rotatable bonds is 5. The number of hydrogen-bond donors (Lipinski definition) is 2. The average Bonchev–Trinajstić information content (AvgIpc) is 2.91. The summed E-state index contributed by atoms with van der Waals surface area (Å²) < 4.78 is 19.1. The van der Waals surface area contributed by atoms with E-state index in [4.69, 9.17) is 9.84 Å². The molecular formula is C14H18FNO3. The highest BCUT2D eigenvalue weighted by Crippen LogP contribution is 2.16. The summed E-state index contributed by atoms with van der Waals surface area (Å²) in [7, 11) is 0. The summed E-state index contributed by atoms with van der Waals surface area (Å²) in [5.41, 5.74) is 0.465. The quantitative estimate of drug-likeness (QED) is 0.858. The van der Waals surface area contributed by atoms with Crippen LogP contribution in [0.4, 0.5) is 4.39 Å². The van der Waals surface area contributed by atoms with Crippen LogP contribution in [0.25, 0.3) is 0 Å². The largest absolute Gasteiger partial charge is 0.478 e. The highest BCUT2D eigenvalue weighted by atomic mass is 19.1. The molecule has 0 aliphatic carbocycles. The molecule has 1 fully saturated rings. The van der Waals surface area contributed by atoms with Crippen molar-refractivity contribution >= 4 is 5.97 Å². The van der Waals surface area contributed by atoms with Crippen molar-refractivity contribution in [3.63, 3.8) is 0 Å². The van der Waals surface area contributed by atoms with E-state index in [9.17, 15) is 9.18 Å². The van der Waals surface area contributed by atoms with Crippen LogP contribution in [0.1, 0.15) is 35.7 Å². The summed E-state index contributed by atoms with van der Waals surface area (Å²) in [5.74, 6) is -1.44. The van der Waals surface area contributed by atoms with Gasteiger partial charge in [-0.15, -0.1) is 0 Å². The van der Waals surface area contributed by atoms with Gasteiger partial charge in [-0.25, -0.2) is 9.18 Å². The fourth-order valence-corrected chi connectivity index (χ4v) is 2.24. The molecule has 0 radical (unpaired) electrons. The fraction of sp³-hybridized carbons (Fsp3) is 0.500. The minimum Gasteiger partial charge on any atom is -0.478 e. The summed E-state index contributed by atoms with van der Waals surface area (Å²) >= 11 is 0. The predicted octanol–water partition coefficient (Wildman–Crippen LogP) is 2.18. The number of ether oxygens (including phenoxy) is 1. The number of carboxylic acids is 1. The number of nitrogens with one attached hydrogen (secondary N) is 1. The molecule has 2 unspecified atom stereocenters. The lowest BCUT2D eigenvalue weighted by molar-refractivity contribution is 0.0696. The van der Waals surface area contributed by atoms with Crippen LogP contribution in [-0.2, 0) is 11.3 Å². The fourth-order valence-electron chi connectivity index (χ4n) is 2.24. The summed E-state index contributed by atoms with van der Waals surface area (Å²) in [4.78, 5) is 10.8. The van der Waals surface area contributed by atoms with E-state index in [0.29, 0.717) is 12.1 Å². The third-order valence-electron chi connectivity index (χ3n) is 3.43. The Kier molecular flexibility index (Phi) is 4.50. The van der Waals surface area contributed by atoms with E-state index < -0.39 is 11.8 Å². The summed E-state index contributed by atoms with van der Waals surface area (Å²) in [6, 6.07) is 3.95. The van der Waals surface area contributed by atoms with Crippen molar-refractivity contribution in [3.05, 3.63) is 35.1 Å². The molecule has 0 bridgehead atoms. The molecule has 19 heavy (non-hydrogen) atoms. The average molecular weight is 267 g/mol. The Hall–Kier alpha value is -1.46. The Labute approximate surface area is 111 Å². The second-order valence-electron chi connectivity index (χ2n) is 4.83. The first-order valence-corrected chi connectivity index (χ1v) is 6.44. The lowest BCUT2D eigenvalue weighted by Gasteiger charge is -2.20. The van der Waals surface area contributed by atoms with Crippen LogP contribution >= 0.6 is 0 Å². The Morgan fingerprint density at radius 1 is 1.63 bits per heavy atom. The van der Waals surface area contributed by atoms with E-state index in [0.717, 1.165) is 19.4 Å². The van der Waals surface area contributed by atoms with Crippen molar-refractivity contribution < 1.29 is 19.0 Å². The summed E-state index contributed by atoms with van der Waals surface area (Å²) in [6.45, 7) is 3.07. The van der Waals surface area contributed by atoms with Crippen LogP contribution in [0, 0.1) is 5.82 Å². The van der Waals surface area contributed by atoms with Gasteiger partial charge in [0.1, 0.15) is 5.82 Å². The van der Waals surface area contributed by atoms with Crippen LogP contribution in [0.15, 0.2) is 18.2 Å². The molecule has 1 aliphatic heterocycles. The molecule has 0 aromatic heterocycles. The molecule has 2 N–H and O–H groups in total. The Morgan fingerprint density at radius 2 is 2.42 bits per heavy atom. The molecule has 2 rings (SSSR count). The van der Waals surface area contributed by atoms with Gasteiger partial charge in [-0.3, -0.25) is 0 Å². The Bertz CT molecular complexity index is 458. The van der Waals surface area contributed by atoms with Crippen LogP contribution in [0.2, 0.25) is 0 Å². The lowest BCUT2D eigenvalue weighted by Crippen LogP contribution is -2.36. The van der Waals surface area contributed by atoms with Gasteiger partial charge < -0.3 is 15.2 Å². The first-order chi connectivity index (χ1) is 9.08. The van der Waals surface area contributed by atoms with Crippen LogP contribution < -0.4 is 5.32 Å². The third-order valence-corrected chi connectivity index (χ3v) is 3.43. The Balaban J connectivity index is 1.98. The number of carbonyl (C=O) groups is 1. The molecule has 0 amide bonds. The molecule has 104 valence electrons. The van der Waals surface area contributed by atoms with Gasteiger partial charge in [0, 0.05) is 24.8 Å². The standard InChI is InChI=1S/C14H18FNO3/c1-9(13-3-2-6-19-13)16-8-11-7-10(14(17)18)4-5-12(11)15/h4-5,7,9,13,16H,2-3,6,8H2,1H3,(H,17,18). The van der Waals surface area contributed by atoms with Crippen LogP contribution in [-0.4, -0.2) is 29.8 Å². The van der Waals surface area contributed by atoms with Crippen molar-refractivity contribution in [2.75, 3.05) is 6.61 Å². The first kappa shape index (κ1) is 14.0. The smallest absolute Gasteiger partial charge is 0.335 e. The van der Waals surface area contributed by atoms with E-state index in [2.05, 4.69) is 5.32 Å². The number of aromatic carboxylic acids is 1. The van der Waals surface area contributed by atoms with Crippen LogP contribution in [0.5, 0.6) is 0 Å². The molecule has 0 spiro atoms. The van der Waals surface area contributed by atoms with Crippen molar-refractivity contribution in [1.82, 2.24) is 5.32 Å². The second-order valence-corrected chi connectivity index (χ2v) is 4.83. The van der Waals surface area contributed by atoms with Gasteiger partial charge in [-0.1, -0.05) is 0 Å². The molecule has 1 aromatic carbocycles. The number of carboxylic acid groups (broad SMARTS) is 1. The van der Waals surface area contributed by atoms with Gasteiger partial charge in [0.05, 0.1) is 11.7 Å². The highest BCUT2D eigenvalue weighted by molar-refractivity contribution is 5.87. The van der Waals surface area contributed by atoms with Crippen LogP contribution in [0.3, 0.4) is 0 Å². The monoisotopic (exact) mass is 267 g/mol. The summed E-state index contributed by atoms with van der Waals surface area (Å²) in [5, 5.41) is 12.1. The molecule has 0 saturated carbocycles. The zero-order chi connectivity index (χ0) is 13.8.